The average molecular weight is 409 g/mol. The maximum absolute atomic E-state index is 12.6. The van der Waals surface area contributed by atoms with E-state index in [1.165, 1.54) is 0 Å². The molecule has 0 aliphatic heterocycles. The van der Waals surface area contributed by atoms with Crippen molar-refractivity contribution < 1.29 is 19.1 Å². The van der Waals surface area contributed by atoms with E-state index in [-0.39, 0.29) is 29.9 Å². The van der Waals surface area contributed by atoms with Gasteiger partial charge in [0.2, 0.25) is 0 Å². The van der Waals surface area contributed by atoms with Gasteiger partial charge in [-0.2, -0.15) is 11.8 Å². The van der Waals surface area contributed by atoms with Crippen LogP contribution in [0.15, 0.2) is 24.3 Å². The van der Waals surface area contributed by atoms with E-state index in [1.807, 2.05) is 32.2 Å². The van der Waals surface area contributed by atoms with Crippen LogP contribution in [0, 0.1) is 0 Å². The summed E-state index contributed by atoms with van der Waals surface area (Å²) in [5, 5.41) is 5.39. The van der Waals surface area contributed by atoms with E-state index in [9.17, 15) is 14.4 Å². The molecule has 7 heteroatoms. The summed E-state index contributed by atoms with van der Waals surface area (Å²) in [7, 11) is 0. The number of rotatable bonds is 9. The SMILES string of the molecule is CSCC[C@@H](NC(=O)c1ccc(C(C)(C)C)cc1)C(=O)OCC(=O)NC(C)C. The van der Waals surface area contributed by atoms with Crippen molar-refractivity contribution in [1.29, 1.82) is 0 Å². The maximum Gasteiger partial charge on any atom is 0.329 e. The van der Waals surface area contributed by atoms with Crippen molar-refractivity contribution in [3.8, 4) is 0 Å². The van der Waals surface area contributed by atoms with Gasteiger partial charge < -0.3 is 15.4 Å². The molecule has 0 aliphatic carbocycles. The number of ether oxygens (including phenoxy) is 1. The zero-order valence-electron chi connectivity index (χ0n) is 17.6. The number of hydrogen-bond acceptors (Lipinski definition) is 5. The number of esters is 1. The third kappa shape index (κ3) is 8.33. The largest absolute Gasteiger partial charge is 0.454 e. The molecule has 1 atom stereocenters. The summed E-state index contributed by atoms with van der Waals surface area (Å²) in [6.45, 7) is 9.60. The summed E-state index contributed by atoms with van der Waals surface area (Å²) in [6.07, 6.45) is 2.35. The molecule has 0 aliphatic rings. The Balaban J connectivity index is 2.74. The van der Waals surface area contributed by atoms with Gasteiger partial charge in [-0.05, 0) is 55.4 Å². The van der Waals surface area contributed by atoms with Crippen LogP contribution in [0.1, 0.15) is 57.0 Å². The highest BCUT2D eigenvalue weighted by molar-refractivity contribution is 7.98. The molecular weight excluding hydrogens is 376 g/mol. The topological polar surface area (TPSA) is 84.5 Å². The third-order valence-electron chi connectivity index (χ3n) is 4.01. The van der Waals surface area contributed by atoms with Crippen LogP contribution in [0.5, 0.6) is 0 Å². The molecule has 0 radical (unpaired) electrons. The van der Waals surface area contributed by atoms with Crippen LogP contribution in [-0.2, 0) is 19.7 Å². The van der Waals surface area contributed by atoms with Crippen molar-refractivity contribution in [2.24, 2.45) is 0 Å². The van der Waals surface area contributed by atoms with E-state index in [4.69, 9.17) is 4.74 Å². The number of carbonyl (C=O) groups is 3. The Morgan fingerprint density at radius 3 is 2.18 bits per heavy atom. The lowest BCUT2D eigenvalue weighted by Gasteiger charge is -2.20. The molecule has 156 valence electrons. The highest BCUT2D eigenvalue weighted by atomic mass is 32.2. The summed E-state index contributed by atoms with van der Waals surface area (Å²) in [4.78, 5) is 36.6. The smallest absolute Gasteiger partial charge is 0.329 e. The van der Waals surface area contributed by atoms with E-state index >= 15 is 0 Å². The van der Waals surface area contributed by atoms with Gasteiger partial charge in [0.25, 0.3) is 11.8 Å². The van der Waals surface area contributed by atoms with Crippen LogP contribution in [0.4, 0.5) is 0 Å². The van der Waals surface area contributed by atoms with Crippen molar-refractivity contribution in [3.05, 3.63) is 35.4 Å². The molecule has 0 aromatic heterocycles. The molecule has 0 unspecified atom stereocenters. The van der Waals surface area contributed by atoms with Gasteiger partial charge in [0, 0.05) is 11.6 Å². The number of carbonyl (C=O) groups excluding carboxylic acids is 3. The molecule has 0 bridgehead atoms. The second-order valence-electron chi connectivity index (χ2n) is 7.96. The molecule has 6 nitrogen and oxygen atoms in total. The third-order valence-corrected chi connectivity index (χ3v) is 4.65. The molecule has 1 rings (SSSR count). The lowest BCUT2D eigenvalue weighted by molar-refractivity contribution is -0.150. The second kappa shape index (κ2) is 11.1. The van der Waals surface area contributed by atoms with Crippen molar-refractivity contribution in [2.75, 3.05) is 18.6 Å². The van der Waals surface area contributed by atoms with Crippen LogP contribution >= 0.6 is 11.8 Å². The normalized spacial score (nSPS) is 12.4. The molecule has 0 spiro atoms. The fourth-order valence-corrected chi connectivity index (χ4v) is 2.92. The predicted octanol–water partition coefficient (Wildman–Crippen LogP) is 2.90. The first-order valence-electron chi connectivity index (χ1n) is 9.41. The standard InChI is InChI=1S/C21H32N2O4S/c1-14(2)22-18(24)13-27-20(26)17(11-12-28-6)23-19(25)15-7-9-16(10-8-15)21(3,4)5/h7-10,14,17H,11-13H2,1-6H3,(H,22,24)(H,23,25)/t17-/m1/s1. The summed E-state index contributed by atoms with van der Waals surface area (Å²) < 4.78 is 5.09. The van der Waals surface area contributed by atoms with Gasteiger partial charge in [0.1, 0.15) is 6.04 Å². The van der Waals surface area contributed by atoms with Crippen molar-refractivity contribution >= 4 is 29.5 Å². The number of amides is 2. The van der Waals surface area contributed by atoms with Gasteiger partial charge in [-0.3, -0.25) is 9.59 Å². The number of benzene rings is 1. The molecule has 1 aromatic carbocycles. The quantitative estimate of drug-likeness (QED) is 0.614. The average Bonchev–Trinajstić information content (AvgIpc) is 2.61. The Morgan fingerprint density at radius 2 is 1.68 bits per heavy atom. The van der Waals surface area contributed by atoms with E-state index in [0.717, 1.165) is 5.56 Å². The molecular formula is C21H32N2O4S. The van der Waals surface area contributed by atoms with E-state index in [2.05, 4.69) is 31.4 Å². The molecule has 0 fully saturated rings. The first kappa shape index (κ1) is 24.0. The van der Waals surface area contributed by atoms with Gasteiger partial charge in [-0.25, -0.2) is 4.79 Å². The van der Waals surface area contributed by atoms with Gasteiger partial charge in [0.05, 0.1) is 0 Å². The Kier molecular flexibility index (Phi) is 9.52. The number of thioether (sulfide) groups is 1. The molecule has 0 heterocycles. The van der Waals surface area contributed by atoms with Gasteiger partial charge in [-0.15, -0.1) is 0 Å². The molecule has 1 aromatic rings. The molecule has 2 N–H and O–H groups in total. The summed E-state index contributed by atoms with van der Waals surface area (Å²) in [6, 6.07) is 6.51. The Labute approximate surface area is 172 Å². The fraction of sp³-hybridized carbons (Fsp3) is 0.571. The molecule has 0 saturated heterocycles. The van der Waals surface area contributed by atoms with Gasteiger partial charge in [0.15, 0.2) is 6.61 Å². The second-order valence-corrected chi connectivity index (χ2v) is 8.95. The van der Waals surface area contributed by atoms with Gasteiger partial charge in [-0.1, -0.05) is 32.9 Å². The minimum atomic E-state index is -0.797. The first-order chi connectivity index (χ1) is 13.0. The molecule has 28 heavy (non-hydrogen) atoms. The molecule has 2 amide bonds. The van der Waals surface area contributed by atoms with Crippen molar-refractivity contribution in [2.45, 2.75) is 58.5 Å². The minimum Gasteiger partial charge on any atom is -0.454 e. The first-order valence-corrected chi connectivity index (χ1v) is 10.8. The van der Waals surface area contributed by atoms with E-state index < -0.39 is 12.0 Å². The summed E-state index contributed by atoms with van der Waals surface area (Å²) in [5.74, 6) is -0.625. The summed E-state index contributed by atoms with van der Waals surface area (Å²) >= 11 is 1.57. The Bertz CT molecular complexity index is 666. The monoisotopic (exact) mass is 408 g/mol. The zero-order valence-corrected chi connectivity index (χ0v) is 18.4. The van der Waals surface area contributed by atoms with E-state index in [0.29, 0.717) is 17.7 Å². The number of hydrogen-bond donors (Lipinski definition) is 2. The molecule has 0 saturated carbocycles. The Hall–Kier alpha value is -2.02. The lowest BCUT2D eigenvalue weighted by Crippen LogP contribution is -2.43. The van der Waals surface area contributed by atoms with E-state index in [1.54, 1.807) is 23.9 Å². The predicted molar refractivity (Wildman–Crippen MR) is 114 cm³/mol. The zero-order chi connectivity index (χ0) is 21.3. The number of nitrogens with one attached hydrogen (secondary N) is 2. The Morgan fingerprint density at radius 1 is 1.07 bits per heavy atom. The maximum atomic E-state index is 12.6. The summed E-state index contributed by atoms with van der Waals surface area (Å²) in [5.41, 5.74) is 1.60. The van der Waals surface area contributed by atoms with Crippen LogP contribution < -0.4 is 10.6 Å². The van der Waals surface area contributed by atoms with Crippen LogP contribution in [-0.4, -0.2) is 48.5 Å². The van der Waals surface area contributed by atoms with Crippen LogP contribution in [0.25, 0.3) is 0 Å². The van der Waals surface area contributed by atoms with Crippen LogP contribution in [0.3, 0.4) is 0 Å². The highest BCUT2D eigenvalue weighted by Gasteiger charge is 2.24. The van der Waals surface area contributed by atoms with Crippen LogP contribution in [0.2, 0.25) is 0 Å². The fourth-order valence-electron chi connectivity index (χ4n) is 2.45. The van der Waals surface area contributed by atoms with Crippen molar-refractivity contribution in [3.63, 3.8) is 0 Å². The highest BCUT2D eigenvalue weighted by Crippen LogP contribution is 2.22. The van der Waals surface area contributed by atoms with Crippen molar-refractivity contribution in [1.82, 2.24) is 10.6 Å². The minimum absolute atomic E-state index is 0.00371. The van der Waals surface area contributed by atoms with Gasteiger partial charge >= 0.3 is 5.97 Å². The lowest BCUT2D eigenvalue weighted by atomic mass is 9.86.